The zero-order valence-electron chi connectivity index (χ0n) is 10.2. The lowest BCUT2D eigenvalue weighted by molar-refractivity contribution is -0.274. The lowest BCUT2D eigenvalue weighted by Crippen LogP contribution is -2.36. The van der Waals surface area contributed by atoms with E-state index in [9.17, 15) is 13.2 Å². The van der Waals surface area contributed by atoms with Gasteiger partial charge in [-0.1, -0.05) is 19.1 Å². The van der Waals surface area contributed by atoms with Gasteiger partial charge in [-0.15, -0.1) is 13.2 Å². The SMILES string of the molecule is CCC1(c2cccc(OC(F)(F)F)c2)CCCN1. The van der Waals surface area contributed by atoms with Gasteiger partial charge < -0.3 is 10.1 Å². The van der Waals surface area contributed by atoms with Crippen LogP contribution in [-0.2, 0) is 5.54 Å². The van der Waals surface area contributed by atoms with Crippen molar-refractivity contribution in [3.05, 3.63) is 29.8 Å². The molecule has 0 bridgehead atoms. The molecule has 5 heteroatoms. The monoisotopic (exact) mass is 259 g/mol. The first-order valence-corrected chi connectivity index (χ1v) is 6.06. The molecule has 0 radical (unpaired) electrons. The Bertz CT molecular complexity index is 411. The summed E-state index contributed by atoms with van der Waals surface area (Å²) in [7, 11) is 0. The fraction of sp³-hybridized carbons (Fsp3) is 0.538. The molecule has 1 fully saturated rings. The highest BCUT2D eigenvalue weighted by molar-refractivity contribution is 5.34. The third-order valence-electron chi connectivity index (χ3n) is 3.47. The fourth-order valence-electron chi connectivity index (χ4n) is 2.55. The molecule has 2 rings (SSSR count). The average molecular weight is 259 g/mol. The Morgan fingerprint density at radius 2 is 2.17 bits per heavy atom. The van der Waals surface area contributed by atoms with E-state index in [0.717, 1.165) is 31.4 Å². The van der Waals surface area contributed by atoms with Crippen molar-refractivity contribution in [3.63, 3.8) is 0 Å². The lowest BCUT2D eigenvalue weighted by atomic mass is 9.86. The number of benzene rings is 1. The van der Waals surface area contributed by atoms with Gasteiger partial charge in [0.05, 0.1) is 0 Å². The first-order valence-electron chi connectivity index (χ1n) is 6.06. The van der Waals surface area contributed by atoms with Gasteiger partial charge >= 0.3 is 6.36 Å². The Balaban J connectivity index is 2.26. The highest BCUT2D eigenvalue weighted by Crippen LogP contribution is 2.36. The summed E-state index contributed by atoms with van der Waals surface area (Å²) in [4.78, 5) is 0. The maximum absolute atomic E-state index is 12.2. The third kappa shape index (κ3) is 2.77. The molecule has 1 atom stereocenters. The van der Waals surface area contributed by atoms with Crippen LogP contribution in [0.3, 0.4) is 0 Å². The lowest BCUT2D eigenvalue weighted by Gasteiger charge is -2.29. The van der Waals surface area contributed by atoms with Crippen molar-refractivity contribution >= 4 is 0 Å². The molecule has 0 aromatic heterocycles. The van der Waals surface area contributed by atoms with Crippen LogP contribution in [0, 0.1) is 0 Å². The van der Waals surface area contributed by atoms with Gasteiger partial charge in [0.1, 0.15) is 5.75 Å². The summed E-state index contributed by atoms with van der Waals surface area (Å²) in [6.07, 6.45) is -1.80. The number of alkyl halides is 3. The number of hydrogen-bond donors (Lipinski definition) is 1. The van der Waals surface area contributed by atoms with E-state index in [0.29, 0.717) is 0 Å². The molecule has 1 aliphatic heterocycles. The molecule has 2 nitrogen and oxygen atoms in total. The van der Waals surface area contributed by atoms with Crippen LogP contribution in [0.2, 0.25) is 0 Å². The van der Waals surface area contributed by atoms with Crippen molar-refractivity contribution in [2.24, 2.45) is 0 Å². The van der Waals surface area contributed by atoms with Crippen molar-refractivity contribution < 1.29 is 17.9 Å². The highest BCUT2D eigenvalue weighted by atomic mass is 19.4. The first-order chi connectivity index (χ1) is 8.45. The summed E-state index contributed by atoms with van der Waals surface area (Å²) in [5.74, 6) is -0.151. The molecule has 0 amide bonds. The molecule has 100 valence electrons. The Hall–Kier alpha value is -1.23. The minimum atomic E-state index is -4.64. The van der Waals surface area contributed by atoms with E-state index in [1.807, 2.05) is 13.0 Å². The predicted molar refractivity (Wildman–Crippen MR) is 62.3 cm³/mol. The minimum Gasteiger partial charge on any atom is -0.406 e. The van der Waals surface area contributed by atoms with Crippen LogP contribution in [0.25, 0.3) is 0 Å². The van der Waals surface area contributed by atoms with Gasteiger partial charge in [0.25, 0.3) is 0 Å². The maximum atomic E-state index is 12.2. The molecular weight excluding hydrogens is 243 g/mol. The van der Waals surface area contributed by atoms with E-state index >= 15 is 0 Å². The molecule has 18 heavy (non-hydrogen) atoms. The van der Waals surface area contributed by atoms with E-state index in [4.69, 9.17) is 0 Å². The fourth-order valence-corrected chi connectivity index (χ4v) is 2.55. The largest absolute Gasteiger partial charge is 0.573 e. The van der Waals surface area contributed by atoms with Crippen LogP contribution in [-0.4, -0.2) is 12.9 Å². The first kappa shape index (κ1) is 13.2. The molecular formula is C13H16F3NO. The van der Waals surface area contributed by atoms with Crippen LogP contribution in [0.15, 0.2) is 24.3 Å². The molecule has 1 unspecified atom stereocenters. The van der Waals surface area contributed by atoms with Gasteiger partial charge in [-0.3, -0.25) is 0 Å². The summed E-state index contributed by atoms with van der Waals surface area (Å²) < 4.78 is 40.5. The van der Waals surface area contributed by atoms with E-state index in [2.05, 4.69) is 10.1 Å². The van der Waals surface area contributed by atoms with E-state index in [1.54, 1.807) is 6.07 Å². The van der Waals surface area contributed by atoms with Gasteiger partial charge in [0.15, 0.2) is 0 Å². The Morgan fingerprint density at radius 3 is 2.72 bits per heavy atom. The van der Waals surface area contributed by atoms with Crippen LogP contribution in [0.5, 0.6) is 5.75 Å². The number of rotatable bonds is 3. The Labute approximate surface area is 104 Å². The summed E-state index contributed by atoms with van der Waals surface area (Å²) in [5, 5.41) is 3.39. The summed E-state index contributed by atoms with van der Waals surface area (Å²) >= 11 is 0. The van der Waals surface area contributed by atoms with Crippen molar-refractivity contribution in [1.29, 1.82) is 0 Å². The molecule has 1 aliphatic rings. The normalized spacial score (nSPS) is 24.2. The van der Waals surface area contributed by atoms with E-state index in [1.165, 1.54) is 12.1 Å². The third-order valence-corrected chi connectivity index (χ3v) is 3.47. The van der Waals surface area contributed by atoms with Crippen molar-refractivity contribution in [1.82, 2.24) is 5.32 Å². The smallest absolute Gasteiger partial charge is 0.406 e. The Kier molecular flexibility index (Phi) is 3.52. The molecule has 1 aromatic carbocycles. The zero-order chi connectivity index (χ0) is 13.2. The number of halogens is 3. The number of hydrogen-bond acceptors (Lipinski definition) is 2. The zero-order valence-corrected chi connectivity index (χ0v) is 10.2. The topological polar surface area (TPSA) is 21.3 Å². The van der Waals surface area contributed by atoms with Gasteiger partial charge in [0, 0.05) is 5.54 Å². The summed E-state index contributed by atoms with van der Waals surface area (Å²) in [5.41, 5.74) is 0.662. The second kappa shape index (κ2) is 4.80. The van der Waals surface area contributed by atoms with Gasteiger partial charge in [-0.25, -0.2) is 0 Å². The van der Waals surface area contributed by atoms with Crippen LogP contribution < -0.4 is 10.1 Å². The van der Waals surface area contributed by atoms with Crippen molar-refractivity contribution in [3.8, 4) is 5.75 Å². The molecule has 0 spiro atoms. The quantitative estimate of drug-likeness (QED) is 0.896. The Morgan fingerprint density at radius 1 is 1.39 bits per heavy atom. The van der Waals surface area contributed by atoms with E-state index < -0.39 is 6.36 Å². The summed E-state index contributed by atoms with van der Waals surface area (Å²) in [6, 6.07) is 6.27. The van der Waals surface area contributed by atoms with E-state index in [-0.39, 0.29) is 11.3 Å². The molecule has 1 N–H and O–H groups in total. The van der Waals surface area contributed by atoms with Crippen LogP contribution >= 0.6 is 0 Å². The van der Waals surface area contributed by atoms with Gasteiger partial charge in [-0.05, 0) is 43.5 Å². The number of nitrogens with one attached hydrogen (secondary N) is 1. The molecule has 1 heterocycles. The molecule has 0 aliphatic carbocycles. The average Bonchev–Trinajstić information content (AvgIpc) is 2.77. The second-order valence-corrected chi connectivity index (χ2v) is 4.54. The standard InChI is InChI=1S/C13H16F3NO/c1-2-12(7-4-8-17-12)10-5-3-6-11(9-10)18-13(14,15)16/h3,5-6,9,17H,2,4,7-8H2,1H3. The van der Waals surface area contributed by atoms with Crippen molar-refractivity contribution in [2.75, 3.05) is 6.54 Å². The molecule has 0 saturated carbocycles. The van der Waals surface area contributed by atoms with Gasteiger partial charge in [-0.2, -0.15) is 0 Å². The maximum Gasteiger partial charge on any atom is 0.573 e. The molecule has 1 saturated heterocycles. The van der Waals surface area contributed by atoms with Crippen LogP contribution in [0.4, 0.5) is 13.2 Å². The van der Waals surface area contributed by atoms with Gasteiger partial charge in [0.2, 0.25) is 0 Å². The predicted octanol–water partition coefficient (Wildman–Crippen LogP) is 3.57. The number of ether oxygens (including phenoxy) is 1. The minimum absolute atomic E-state index is 0.151. The summed E-state index contributed by atoms with van der Waals surface area (Å²) in [6.45, 7) is 2.94. The molecule has 1 aromatic rings. The van der Waals surface area contributed by atoms with Crippen molar-refractivity contribution in [2.45, 2.75) is 38.1 Å². The highest BCUT2D eigenvalue weighted by Gasteiger charge is 2.35. The second-order valence-electron chi connectivity index (χ2n) is 4.54. The van der Waals surface area contributed by atoms with Crippen LogP contribution in [0.1, 0.15) is 31.7 Å².